The Morgan fingerprint density at radius 2 is 2.29 bits per heavy atom. The predicted octanol–water partition coefficient (Wildman–Crippen LogP) is 3.41. The second-order valence-corrected chi connectivity index (χ2v) is 6.06. The quantitative estimate of drug-likeness (QED) is 0.917. The third kappa shape index (κ3) is 2.99. The van der Waals surface area contributed by atoms with E-state index in [1.165, 1.54) is 5.69 Å². The number of likely N-dealkylation sites (N-methyl/N-ethyl adjacent to an activating group) is 1. The molecule has 21 heavy (non-hydrogen) atoms. The van der Waals surface area contributed by atoms with Gasteiger partial charge in [-0.2, -0.15) is 11.3 Å². The first-order chi connectivity index (χ1) is 10.1. The lowest BCUT2D eigenvalue weighted by Gasteiger charge is -2.18. The molecule has 6 heteroatoms. The summed E-state index contributed by atoms with van der Waals surface area (Å²) >= 11 is 7.75. The number of halogens is 1. The smallest absolute Gasteiger partial charge is 0.229 e. The first-order valence-electron chi connectivity index (χ1n) is 6.62. The lowest BCUT2D eigenvalue weighted by molar-refractivity contribution is -0.115. The molecule has 0 fully saturated rings. The zero-order valence-corrected chi connectivity index (χ0v) is 13.1. The van der Waals surface area contributed by atoms with E-state index in [4.69, 9.17) is 16.3 Å². The monoisotopic (exact) mass is 322 g/mol. The Kier molecular flexibility index (Phi) is 4.03. The lowest BCUT2D eigenvalue weighted by Crippen LogP contribution is -2.23. The molecule has 0 saturated heterocycles. The number of fused-ring (bicyclic) bond motifs is 1. The SMILES string of the molecule is CN(CCOc1ccc(Cl)c2c1CC(=O)N2)c1ccsc1. The van der Waals surface area contributed by atoms with Crippen LogP contribution in [0, 0.1) is 0 Å². The summed E-state index contributed by atoms with van der Waals surface area (Å²) in [5.74, 6) is 0.685. The van der Waals surface area contributed by atoms with Gasteiger partial charge >= 0.3 is 0 Å². The standard InChI is InChI=1S/C15H15ClN2O2S/c1-18(10-4-7-21-9-10)5-6-20-13-3-2-12(16)15-11(13)8-14(19)17-15/h2-4,7,9H,5-6,8H2,1H3,(H,17,19). The van der Waals surface area contributed by atoms with Crippen molar-refractivity contribution in [3.63, 3.8) is 0 Å². The van der Waals surface area contributed by atoms with Gasteiger partial charge in [0.1, 0.15) is 12.4 Å². The van der Waals surface area contributed by atoms with Gasteiger partial charge in [0.2, 0.25) is 5.91 Å². The van der Waals surface area contributed by atoms with Crippen LogP contribution >= 0.6 is 22.9 Å². The number of amides is 1. The molecular weight excluding hydrogens is 308 g/mol. The van der Waals surface area contributed by atoms with E-state index in [1.54, 1.807) is 17.4 Å². The molecule has 1 amide bonds. The van der Waals surface area contributed by atoms with E-state index in [9.17, 15) is 4.79 Å². The normalized spacial score (nSPS) is 13.0. The van der Waals surface area contributed by atoms with Gasteiger partial charge in [0.25, 0.3) is 0 Å². The summed E-state index contributed by atoms with van der Waals surface area (Å²) in [5.41, 5.74) is 2.72. The lowest BCUT2D eigenvalue weighted by atomic mass is 10.1. The fourth-order valence-corrected chi connectivity index (χ4v) is 3.21. The highest BCUT2D eigenvalue weighted by Crippen LogP contribution is 2.37. The number of carbonyl (C=O) groups is 1. The second kappa shape index (κ2) is 5.95. The van der Waals surface area contributed by atoms with Crippen molar-refractivity contribution >= 4 is 40.2 Å². The summed E-state index contributed by atoms with van der Waals surface area (Å²) in [6.45, 7) is 1.32. The van der Waals surface area contributed by atoms with Gasteiger partial charge in [0.05, 0.1) is 23.7 Å². The van der Waals surface area contributed by atoms with Gasteiger partial charge in [-0.25, -0.2) is 0 Å². The minimum Gasteiger partial charge on any atom is -0.491 e. The third-order valence-corrected chi connectivity index (χ3v) is 4.44. The molecule has 0 aliphatic carbocycles. The molecule has 1 N–H and O–H groups in total. The summed E-state index contributed by atoms with van der Waals surface area (Å²) in [4.78, 5) is 13.6. The zero-order chi connectivity index (χ0) is 14.8. The van der Waals surface area contributed by atoms with Gasteiger partial charge in [-0.05, 0) is 23.6 Å². The number of nitrogens with zero attached hydrogens (tertiary/aromatic N) is 1. The Hall–Kier alpha value is -1.72. The van der Waals surface area contributed by atoms with Gasteiger partial charge in [-0.1, -0.05) is 11.6 Å². The molecule has 0 bridgehead atoms. The van der Waals surface area contributed by atoms with Crippen molar-refractivity contribution in [2.75, 3.05) is 30.4 Å². The summed E-state index contributed by atoms with van der Waals surface area (Å²) in [6, 6.07) is 5.66. The number of ether oxygens (including phenoxy) is 1. The van der Waals surface area contributed by atoms with Crippen LogP contribution in [0.4, 0.5) is 11.4 Å². The molecule has 3 rings (SSSR count). The third-order valence-electron chi connectivity index (χ3n) is 3.45. The van der Waals surface area contributed by atoms with E-state index in [-0.39, 0.29) is 5.91 Å². The van der Waals surface area contributed by atoms with Gasteiger partial charge in [-0.15, -0.1) is 0 Å². The molecular formula is C15H15ClN2O2S. The molecule has 1 aliphatic heterocycles. The number of rotatable bonds is 5. The molecule has 2 heterocycles. The van der Waals surface area contributed by atoms with E-state index < -0.39 is 0 Å². The highest BCUT2D eigenvalue weighted by atomic mass is 35.5. The van der Waals surface area contributed by atoms with Crippen LogP contribution in [-0.4, -0.2) is 26.1 Å². The van der Waals surface area contributed by atoms with E-state index in [2.05, 4.69) is 27.0 Å². The van der Waals surface area contributed by atoms with Gasteiger partial charge in [0.15, 0.2) is 0 Å². The Labute approximate surface area is 132 Å². The minimum atomic E-state index is -0.0432. The Balaban J connectivity index is 1.64. The molecule has 0 saturated carbocycles. The van der Waals surface area contributed by atoms with E-state index in [0.717, 1.165) is 17.9 Å². The van der Waals surface area contributed by atoms with Crippen molar-refractivity contribution in [1.29, 1.82) is 0 Å². The number of nitrogens with one attached hydrogen (secondary N) is 1. The molecule has 0 spiro atoms. The van der Waals surface area contributed by atoms with Crippen LogP contribution in [0.25, 0.3) is 0 Å². The highest BCUT2D eigenvalue weighted by Gasteiger charge is 2.24. The molecule has 4 nitrogen and oxygen atoms in total. The van der Waals surface area contributed by atoms with Gasteiger partial charge in [-0.3, -0.25) is 4.79 Å². The summed E-state index contributed by atoms with van der Waals surface area (Å²) in [6.07, 6.45) is 0.325. The Morgan fingerprint density at radius 3 is 3.05 bits per heavy atom. The van der Waals surface area contributed by atoms with Crippen LogP contribution in [0.3, 0.4) is 0 Å². The molecule has 0 atom stereocenters. The largest absolute Gasteiger partial charge is 0.491 e. The topological polar surface area (TPSA) is 41.6 Å². The minimum absolute atomic E-state index is 0.0432. The molecule has 110 valence electrons. The predicted molar refractivity (Wildman–Crippen MR) is 86.9 cm³/mol. The first-order valence-corrected chi connectivity index (χ1v) is 7.94. The van der Waals surface area contributed by atoms with Gasteiger partial charge < -0.3 is 15.0 Å². The van der Waals surface area contributed by atoms with Crippen LogP contribution in [0.15, 0.2) is 29.0 Å². The average Bonchev–Trinajstić information content (AvgIpc) is 3.10. The molecule has 0 radical (unpaired) electrons. The average molecular weight is 323 g/mol. The molecule has 1 aromatic carbocycles. The maximum absolute atomic E-state index is 11.5. The van der Waals surface area contributed by atoms with Crippen LogP contribution in [0.2, 0.25) is 5.02 Å². The number of hydrogen-bond donors (Lipinski definition) is 1. The fourth-order valence-electron chi connectivity index (χ4n) is 2.29. The van der Waals surface area contributed by atoms with Crippen molar-refractivity contribution in [2.45, 2.75) is 6.42 Å². The van der Waals surface area contributed by atoms with Crippen LogP contribution in [0.5, 0.6) is 5.75 Å². The number of hydrogen-bond acceptors (Lipinski definition) is 4. The number of anilines is 2. The van der Waals surface area contributed by atoms with E-state index in [1.807, 2.05) is 13.1 Å². The van der Waals surface area contributed by atoms with Crippen molar-refractivity contribution in [3.8, 4) is 5.75 Å². The summed E-state index contributed by atoms with van der Waals surface area (Å²) in [7, 11) is 2.03. The molecule has 0 unspecified atom stereocenters. The Morgan fingerprint density at radius 1 is 1.43 bits per heavy atom. The van der Waals surface area contributed by atoms with Crippen LogP contribution in [-0.2, 0) is 11.2 Å². The first kappa shape index (κ1) is 14.2. The molecule has 1 aliphatic rings. The molecule has 1 aromatic heterocycles. The van der Waals surface area contributed by atoms with Crippen molar-refractivity contribution in [3.05, 3.63) is 39.5 Å². The Bertz CT molecular complexity index is 658. The van der Waals surface area contributed by atoms with Gasteiger partial charge in [0, 0.05) is 23.7 Å². The van der Waals surface area contributed by atoms with E-state index >= 15 is 0 Å². The number of carbonyl (C=O) groups excluding carboxylic acids is 1. The highest BCUT2D eigenvalue weighted by molar-refractivity contribution is 7.08. The van der Waals surface area contributed by atoms with E-state index in [0.29, 0.717) is 23.7 Å². The maximum atomic E-state index is 11.5. The second-order valence-electron chi connectivity index (χ2n) is 4.88. The zero-order valence-electron chi connectivity index (χ0n) is 11.6. The van der Waals surface area contributed by atoms with Crippen molar-refractivity contribution in [2.24, 2.45) is 0 Å². The number of benzene rings is 1. The van der Waals surface area contributed by atoms with Crippen molar-refractivity contribution in [1.82, 2.24) is 0 Å². The maximum Gasteiger partial charge on any atom is 0.229 e. The summed E-state index contributed by atoms with van der Waals surface area (Å²) < 4.78 is 5.83. The summed E-state index contributed by atoms with van der Waals surface area (Å²) in [5, 5.41) is 7.47. The van der Waals surface area contributed by atoms with Crippen LogP contribution < -0.4 is 15.0 Å². The fraction of sp³-hybridized carbons (Fsp3) is 0.267. The van der Waals surface area contributed by atoms with Crippen LogP contribution in [0.1, 0.15) is 5.56 Å². The molecule has 2 aromatic rings. The van der Waals surface area contributed by atoms with Crippen molar-refractivity contribution < 1.29 is 9.53 Å². The number of thiophene rings is 1.